The molecule has 2 amide bonds. The molecule has 0 bridgehead atoms. The molecule has 0 radical (unpaired) electrons. The van der Waals surface area contributed by atoms with Crippen LogP contribution in [0.3, 0.4) is 0 Å². The number of amides is 2. The van der Waals surface area contributed by atoms with Crippen LogP contribution in [0.15, 0.2) is 47.1 Å². The van der Waals surface area contributed by atoms with E-state index >= 15 is 0 Å². The fourth-order valence-corrected chi connectivity index (χ4v) is 3.71. The van der Waals surface area contributed by atoms with Crippen LogP contribution < -0.4 is 5.32 Å². The number of rotatable bonds is 6. The maximum Gasteiger partial charge on any atom is 0.338 e. The van der Waals surface area contributed by atoms with Crippen molar-refractivity contribution in [2.75, 3.05) is 12.4 Å². The third-order valence-electron chi connectivity index (χ3n) is 5.62. The number of anilines is 1. The van der Waals surface area contributed by atoms with Crippen LogP contribution in [0.25, 0.3) is 0 Å². The van der Waals surface area contributed by atoms with Gasteiger partial charge in [0, 0.05) is 12.7 Å². The summed E-state index contributed by atoms with van der Waals surface area (Å²) >= 11 is 0. The van der Waals surface area contributed by atoms with E-state index < -0.39 is 29.4 Å². The molecule has 8 heteroatoms. The van der Waals surface area contributed by atoms with E-state index in [4.69, 9.17) is 9.15 Å². The third kappa shape index (κ3) is 4.94. The van der Waals surface area contributed by atoms with Crippen LogP contribution in [0.1, 0.15) is 59.9 Å². The summed E-state index contributed by atoms with van der Waals surface area (Å²) in [6.07, 6.45) is 4.46. The standard InChI is InChI=1S/C23H25N3O5/c1-16(21(28)26(2)23(15-24)12-4-3-5-13-23)31-22(29)17-8-10-18(11-9-17)25-20(27)19-7-6-14-30-19/h6-11,14,16H,3-5,12-13H2,1-2H3,(H,25,27)/t16-/m1/s1. The Morgan fingerprint density at radius 3 is 2.42 bits per heavy atom. The maximum atomic E-state index is 12.8. The normalized spacial score (nSPS) is 15.9. The molecule has 0 unspecified atom stereocenters. The van der Waals surface area contributed by atoms with Gasteiger partial charge in [-0.1, -0.05) is 19.3 Å². The summed E-state index contributed by atoms with van der Waals surface area (Å²) in [6.45, 7) is 1.50. The third-order valence-corrected chi connectivity index (χ3v) is 5.62. The Kier molecular flexibility index (Phi) is 6.75. The number of carbonyl (C=O) groups is 3. The Morgan fingerprint density at radius 1 is 1.16 bits per heavy atom. The Bertz CT molecular complexity index is 970. The average Bonchev–Trinajstić information content (AvgIpc) is 3.34. The van der Waals surface area contributed by atoms with Crippen molar-refractivity contribution in [1.29, 1.82) is 5.26 Å². The number of nitrogens with zero attached hydrogens (tertiary/aromatic N) is 2. The number of benzene rings is 1. The van der Waals surface area contributed by atoms with Crippen molar-refractivity contribution in [3.8, 4) is 6.07 Å². The number of ether oxygens (including phenoxy) is 1. The van der Waals surface area contributed by atoms with Crippen molar-refractivity contribution in [2.24, 2.45) is 0 Å². The number of nitriles is 1. The van der Waals surface area contributed by atoms with E-state index in [1.807, 2.05) is 0 Å². The molecule has 1 fully saturated rings. The molecular formula is C23H25N3O5. The Balaban J connectivity index is 1.59. The zero-order valence-electron chi connectivity index (χ0n) is 17.6. The summed E-state index contributed by atoms with van der Waals surface area (Å²) in [6, 6.07) is 11.6. The number of hydrogen-bond acceptors (Lipinski definition) is 6. The minimum atomic E-state index is -1.03. The van der Waals surface area contributed by atoms with Gasteiger partial charge in [-0.05, 0) is 56.2 Å². The maximum absolute atomic E-state index is 12.8. The lowest BCUT2D eigenvalue weighted by molar-refractivity contribution is -0.143. The average molecular weight is 423 g/mol. The second-order valence-corrected chi connectivity index (χ2v) is 7.66. The molecule has 1 aromatic carbocycles. The van der Waals surface area contributed by atoms with E-state index in [1.54, 1.807) is 31.3 Å². The molecule has 0 aliphatic heterocycles. The molecule has 1 aliphatic carbocycles. The highest BCUT2D eigenvalue weighted by Gasteiger charge is 2.40. The van der Waals surface area contributed by atoms with E-state index in [9.17, 15) is 19.6 Å². The first-order valence-corrected chi connectivity index (χ1v) is 10.2. The number of nitrogens with one attached hydrogen (secondary N) is 1. The van der Waals surface area contributed by atoms with Gasteiger partial charge in [0.1, 0.15) is 5.54 Å². The molecule has 0 spiro atoms. The van der Waals surface area contributed by atoms with Crippen molar-refractivity contribution in [2.45, 2.75) is 50.7 Å². The molecule has 31 heavy (non-hydrogen) atoms. The number of carbonyl (C=O) groups excluding carboxylic acids is 3. The highest BCUT2D eigenvalue weighted by molar-refractivity contribution is 6.02. The number of hydrogen-bond donors (Lipinski definition) is 1. The second kappa shape index (κ2) is 9.47. The predicted octanol–water partition coefficient (Wildman–Crippen LogP) is 3.76. The molecule has 1 heterocycles. The van der Waals surface area contributed by atoms with E-state index in [-0.39, 0.29) is 11.3 Å². The minimum absolute atomic E-state index is 0.174. The smallest absolute Gasteiger partial charge is 0.338 e. The van der Waals surface area contributed by atoms with Gasteiger partial charge in [0.25, 0.3) is 11.8 Å². The van der Waals surface area contributed by atoms with Crippen LogP contribution >= 0.6 is 0 Å². The lowest BCUT2D eigenvalue weighted by Crippen LogP contribution is -2.53. The van der Waals surface area contributed by atoms with Gasteiger partial charge in [0.2, 0.25) is 0 Å². The molecule has 0 saturated heterocycles. The van der Waals surface area contributed by atoms with Crippen molar-refractivity contribution in [1.82, 2.24) is 4.90 Å². The van der Waals surface area contributed by atoms with Gasteiger partial charge < -0.3 is 19.4 Å². The fraction of sp³-hybridized carbons (Fsp3) is 0.391. The van der Waals surface area contributed by atoms with Crippen LogP contribution in [-0.4, -0.2) is 41.4 Å². The zero-order valence-corrected chi connectivity index (χ0v) is 17.6. The van der Waals surface area contributed by atoms with Gasteiger partial charge in [-0.25, -0.2) is 4.79 Å². The van der Waals surface area contributed by atoms with Gasteiger partial charge in [0.15, 0.2) is 11.9 Å². The largest absolute Gasteiger partial charge is 0.459 e. The van der Waals surface area contributed by atoms with Crippen molar-refractivity contribution in [3.63, 3.8) is 0 Å². The molecular weight excluding hydrogens is 398 g/mol. The fourth-order valence-electron chi connectivity index (χ4n) is 3.71. The van der Waals surface area contributed by atoms with E-state index in [0.29, 0.717) is 18.5 Å². The Morgan fingerprint density at radius 2 is 1.84 bits per heavy atom. The first-order chi connectivity index (χ1) is 14.9. The predicted molar refractivity (Wildman–Crippen MR) is 112 cm³/mol. The summed E-state index contributed by atoms with van der Waals surface area (Å²) in [5.41, 5.74) is -0.120. The van der Waals surface area contributed by atoms with Crippen LogP contribution in [0.2, 0.25) is 0 Å². The number of likely N-dealkylation sites (N-methyl/N-ethyl adjacent to an activating group) is 1. The molecule has 162 valence electrons. The summed E-state index contributed by atoms with van der Waals surface area (Å²) in [5, 5.41) is 12.3. The van der Waals surface area contributed by atoms with Crippen LogP contribution in [0.5, 0.6) is 0 Å². The monoisotopic (exact) mass is 423 g/mol. The summed E-state index contributed by atoms with van der Waals surface area (Å²) in [7, 11) is 1.59. The first-order valence-electron chi connectivity index (χ1n) is 10.2. The highest BCUT2D eigenvalue weighted by Crippen LogP contribution is 2.33. The summed E-state index contributed by atoms with van der Waals surface area (Å²) in [4.78, 5) is 38.7. The molecule has 1 atom stereocenters. The molecule has 2 aromatic rings. The van der Waals surface area contributed by atoms with Crippen LogP contribution in [0, 0.1) is 11.3 Å². The van der Waals surface area contributed by atoms with E-state index in [0.717, 1.165) is 19.3 Å². The van der Waals surface area contributed by atoms with Gasteiger partial charge in [-0.2, -0.15) is 5.26 Å². The van der Waals surface area contributed by atoms with Gasteiger partial charge in [-0.15, -0.1) is 0 Å². The topological polar surface area (TPSA) is 113 Å². The highest BCUT2D eigenvalue weighted by atomic mass is 16.5. The second-order valence-electron chi connectivity index (χ2n) is 7.66. The lowest BCUT2D eigenvalue weighted by atomic mass is 9.81. The lowest BCUT2D eigenvalue weighted by Gasteiger charge is -2.39. The van der Waals surface area contributed by atoms with Gasteiger partial charge in [0.05, 0.1) is 17.9 Å². The zero-order chi connectivity index (χ0) is 22.4. The summed E-state index contributed by atoms with van der Waals surface area (Å²) < 4.78 is 10.4. The molecule has 8 nitrogen and oxygen atoms in total. The van der Waals surface area contributed by atoms with Crippen molar-refractivity contribution >= 4 is 23.5 Å². The molecule has 3 rings (SSSR count). The van der Waals surface area contributed by atoms with Crippen molar-refractivity contribution in [3.05, 3.63) is 54.0 Å². The summed E-state index contributed by atoms with van der Waals surface area (Å²) in [5.74, 6) is -1.29. The number of esters is 1. The number of furan rings is 1. The van der Waals surface area contributed by atoms with Crippen molar-refractivity contribution < 1.29 is 23.5 Å². The first kappa shape index (κ1) is 22.1. The molecule has 1 aromatic heterocycles. The van der Waals surface area contributed by atoms with Crippen LogP contribution in [-0.2, 0) is 9.53 Å². The van der Waals surface area contributed by atoms with Gasteiger partial charge >= 0.3 is 5.97 Å². The van der Waals surface area contributed by atoms with Gasteiger partial charge in [-0.3, -0.25) is 9.59 Å². The minimum Gasteiger partial charge on any atom is -0.459 e. The SMILES string of the molecule is C[C@@H](OC(=O)c1ccc(NC(=O)c2ccco2)cc1)C(=O)N(C)C1(C#N)CCCCC1. The molecule has 1 N–H and O–H groups in total. The Hall–Kier alpha value is -3.60. The quantitative estimate of drug-likeness (QED) is 0.708. The molecule has 1 saturated carbocycles. The van der Waals surface area contributed by atoms with Crippen LogP contribution in [0.4, 0.5) is 5.69 Å². The van der Waals surface area contributed by atoms with E-state index in [2.05, 4.69) is 11.4 Å². The Labute approximate surface area is 180 Å². The molecule has 1 aliphatic rings. The van der Waals surface area contributed by atoms with E-state index in [1.165, 1.54) is 30.2 Å².